The molecule has 1 aromatic carbocycles. The Morgan fingerprint density at radius 3 is 2.75 bits per heavy atom. The van der Waals surface area contributed by atoms with E-state index in [4.69, 9.17) is 16.3 Å². The van der Waals surface area contributed by atoms with Crippen LogP contribution in [0.25, 0.3) is 10.6 Å². The van der Waals surface area contributed by atoms with Crippen molar-refractivity contribution in [1.29, 1.82) is 0 Å². The number of thiazole rings is 1. The smallest absolute Gasteiger partial charge is 0.306 e. The van der Waals surface area contributed by atoms with Crippen molar-refractivity contribution < 1.29 is 17.9 Å². The van der Waals surface area contributed by atoms with E-state index in [2.05, 4.69) is 4.98 Å². The van der Waals surface area contributed by atoms with Gasteiger partial charge in [0.25, 0.3) is 0 Å². The summed E-state index contributed by atoms with van der Waals surface area (Å²) >= 11 is 7.32. The van der Waals surface area contributed by atoms with E-state index in [9.17, 15) is 13.2 Å². The topological polar surface area (TPSA) is 73.3 Å². The van der Waals surface area contributed by atoms with Crippen LogP contribution >= 0.6 is 22.9 Å². The first-order valence-electron chi connectivity index (χ1n) is 7.18. The Labute approximate surface area is 148 Å². The molecule has 2 heterocycles. The summed E-state index contributed by atoms with van der Waals surface area (Å²) < 4.78 is 27.8. The molecule has 1 aromatic heterocycles. The van der Waals surface area contributed by atoms with Crippen LogP contribution in [0.4, 0.5) is 0 Å². The highest BCUT2D eigenvalue weighted by Gasteiger charge is 2.24. The molecule has 0 aliphatic carbocycles. The van der Waals surface area contributed by atoms with Crippen LogP contribution in [0.15, 0.2) is 41.1 Å². The number of allylic oxidation sites excluding steroid dienone is 1. The molecule has 0 spiro atoms. The van der Waals surface area contributed by atoms with Crippen molar-refractivity contribution in [3.8, 4) is 10.6 Å². The van der Waals surface area contributed by atoms with Crippen LogP contribution in [0, 0.1) is 5.92 Å². The average Bonchev–Trinajstić information content (AvgIpc) is 3.12. The first-order valence-corrected chi connectivity index (χ1v) is 10.2. The van der Waals surface area contributed by atoms with Crippen molar-refractivity contribution in [2.75, 3.05) is 5.75 Å². The molecule has 1 aliphatic heterocycles. The number of rotatable bonds is 5. The second-order valence-corrected chi connectivity index (χ2v) is 8.66. The van der Waals surface area contributed by atoms with Gasteiger partial charge in [-0.3, -0.25) is 4.79 Å². The Morgan fingerprint density at radius 2 is 2.08 bits per heavy atom. The molecule has 0 bridgehead atoms. The summed E-state index contributed by atoms with van der Waals surface area (Å²) in [6, 6.07) is 7.34. The number of nitrogens with zero attached hydrogens (tertiary/aromatic N) is 1. The first kappa shape index (κ1) is 17.1. The standard InChI is InChI=1S/C16H14ClNO4S2/c17-13-3-1-12(2-4-13)16-18-14(9-23-16)8-22-15(19)7-11-5-6-24(20,21)10-11/h1-6,9,11H,7-8,10H2. The molecule has 8 heteroatoms. The van der Waals surface area contributed by atoms with Crippen molar-refractivity contribution in [3.63, 3.8) is 0 Å². The van der Waals surface area contributed by atoms with E-state index in [0.717, 1.165) is 16.0 Å². The zero-order valence-corrected chi connectivity index (χ0v) is 14.9. The quantitative estimate of drug-likeness (QED) is 0.739. The van der Waals surface area contributed by atoms with Gasteiger partial charge in [0, 0.05) is 27.3 Å². The van der Waals surface area contributed by atoms with Gasteiger partial charge in [0.15, 0.2) is 9.84 Å². The summed E-state index contributed by atoms with van der Waals surface area (Å²) in [6.07, 6.45) is 1.60. The lowest BCUT2D eigenvalue weighted by molar-refractivity contribution is -0.145. The van der Waals surface area contributed by atoms with Gasteiger partial charge in [0.2, 0.25) is 0 Å². The Hall–Kier alpha value is -1.70. The minimum Gasteiger partial charge on any atom is -0.459 e. The molecule has 24 heavy (non-hydrogen) atoms. The number of carbonyl (C=O) groups excluding carboxylic acids is 1. The number of sulfone groups is 1. The Morgan fingerprint density at radius 1 is 1.33 bits per heavy atom. The van der Waals surface area contributed by atoms with Crippen LogP contribution in [-0.2, 0) is 26.0 Å². The summed E-state index contributed by atoms with van der Waals surface area (Å²) in [6.45, 7) is 0.0755. The average molecular weight is 384 g/mol. The van der Waals surface area contributed by atoms with E-state index < -0.39 is 15.8 Å². The lowest BCUT2D eigenvalue weighted by Gasteiger charge is -2.06. The van der Waals surface area contributed by atoms with Crippen LogP contribution < -0.4 is 0 Å². The van der Waals surface area contributed by atoms with Crippen molar-refractivity contribution in [3.05, 3.63) is 51.8 Å². The van der Waals surface area contributed by atoms with Gasteiger partial charge in [-0.05, 0) is 12.1 Å². The molecule has 0 fully saturated rings. The van der Waals surface area contributed by atoms with Crippen molar-refractivity contribution in [2.24, 2.45) is 5.92 Å². The van der Waals surface area contributed by atoms with Gasteiger partial charge in [-0.1, -0.05) is 29.8 Å². The zero-order valence-electron chi connectivity index (χ0n) is 12.5. The highest BCUT2D eigenvalue weighted by Crippen LogP contribution is 2.25. The molecule has 5 nitrogen and oxygen atoms in total. The second-order valence-electron chi connectivity index (χ2n) is 5.43. The molecule has 0 saturated carbocycles. The summed E-state index contributed by atoms with van der Waals surface area (Å²) in [7, 11) is -3.15. The number of hydrogen-bond donors (Lipinski definition) is 0. The molecule has 126 valence electrons. The van der Waals surface area contributed by atoms with Gasteiger partial charge < -0.3 is 4.74 Å². The molecule has 0 saturated heterocycles. The van der Waals surface area contributed by atoms with Gasteiger partial charge in [0.05, 0.1) is 17.9 Å². The maximum Gasteiger partial charge on any atom is 0.306 e. The monoisotopic (exact) mass is 383 g/mol. The highest BCUT2D eigenvalue weighted by atomic mass is 35.5. The number of halogens is 1. The molecule has 3 rings (SSSR count). The van der Waals surface area contributed by atoms with E-state index in [1.54, 1.807) is 12.1 Å². The maximum absolute atomic E-state index is 11.8. The van der Waals surface area contributed by atoms with Gasteiger partial charge in [-0.15, -0.1) is 11.3 Å². The Balaban J connectivity index is 1.53. The third-order valence-electron chi connectivity index (χ3n) is 3.46. The summed E-state index contributed by atoms with van der Waals surface area (Å²) in [5, 5.41) is 4.47. The molecule has 2 aromatic rings. The summed E-state index contributed by atoms with van der Waals surface area (Å²) in [4.78, 5) is 16.2. The third kappa shape index (κ3) is 4.43. The van der Waals surface area contributed by atoms with Crippen molar-refractivity contribution in [2.45, 2.75) is 13.0 Å². The Bertz CT molecular complexity index is 872. The Kier molecular flexibility index (Phi) is 5.03. The zero-order chi connectivity index (χ0) is 17.2. The number of hydrogen-bond acceptors (Lipinski definition) is 6. The fourth-order valence-corrected chi connectivity index (χ4v) is 4.63. The lowest BCUT2D eigenvalue weighted by Crippen LogP contribution is -2.13. The first-order chi connectivity index (χ1) is 11.4. The van der Waals surface area contributed by atoms with E-state index in [0.29, 0.717) is 10.7 Å². The molecule has 1 atom stereocenters. The van der Waals surface area contributed by atoms with Crippen LogP contribution in [0.3, 0.4) is 0 Å². The van der Waals surface area contributed by atoms with Crippen LogP contribution in [0.1, 0.15) is 12.1 Å². The van der Waals surface area contributed by atoms with E-state index >= 15 is 0 Å². The van der Waals surface area contributed by atoms with E-state index in [-0.39, 0.29) is 24.7 Å². The maximum atomic E-state index is 11.8. The lowest BCUT2D eigenvalue weighted by atomic mass is 10.1. The van der Waals surface area contributed by atoms with Crippen molar-refractivity contribution in [1.82, 2.24) is 4.98 Å². The summed E-state index contributed by atoms with van der Waals surface area (Å²) in [5.74, 6) is -0.759. The van der Waals surface area contributed by atoms with Gasteiger partial charge in [0.1, 0.15) is 11.6 Å². The van der Waals surface area contributed by atoms with E-state index in [1.165, 1.54) is 17.4 Å². The highest BCUT2D eigenvalue weighted by molar-refractivity contribution is 7.94. The number of benzene rings is 1. The molecule has 1 aliphatic rings. The number of esters is 1. The fraction of sp³-hybridized carbons (Fsp3) is 0.250. The van der Waals surface area contributed by atoms with Crippen molar-refractivity contribution >= 4 is 38.7 Å². The molecule has 0 N–H and O–H groups in total. The number of ether oxygens (including phenoxy) is 1. The fourth-order valence-electron chi connectivity index (χ4n) is 2.29. The van der Waals surface area contributed by atoms with E-state index in [1.807, 2.05) is 17.5 Å². The van der Waals surface area contributed by atoms with Gasteiger partial charge >= 0.3 is 5.97 Å². The number of aromatic nitrogens is 1. The molecule has 0 radical (unpaired) electrons. The van der Waals surface area contributed by atoms with Crippen LogP contribution in [0.2, 0.25) is 5.02 Å². The molecule has 0 amide bonds. The summed E-state index contributed by atoms with van der Waals surface area (Å²) in [5.41, 5.74) is 1.61. The minimum atomic E-state index is -3.15. The predicted molar refractivity (Wildman–Crippen MR) is 93.4 cm³/mol. The van der Waals surface area contributed by atoms with Gasteiger partial charge in [-0.2, -0.15) is 0 Å². The molecular weight excluding hydrogens is 370 g/mol. The largest absolute Gasteiger partial charge is 0.459 e. The van der Waals surface area contributed by atoms with Gasteiger partial charge in [-0.25, -0.2) is 13.4 Å². The second kappa shape index (κ2) is 7.04. The third-order valence-corrected chi connectivity index (χ3v) is 6.11. The number of carbonyl (C=O) groups is 1. The molecular formula is C16H14ClNO4S2. The predicted octanol–water partition coefficient (Wildman–Crippen LogP) is 3.46. The minimum absolute atomic E-state index is 0.0283. The normalized spacial score (nSPS) is 18.6. The van der Waals surface area contributed by atoms with Crippen LogP contribution in [-0.4, -0.2) is 25.1 Å². The molecule has 1 unspecified atom stereocenters. The van der Waals surface area contributed by atoms with Crippen LogP contribution in [0.5, 0.6) is 0 Å². The SMILES string of the molecule is O=C(CC1C=CS(=O)(=O)C1)OCc1csc(-c2ccc(Cl)cc2)n1.